The number of hydrogen-bond donors (Lipinski definition) is 2. The van der Waals surface area contributed by atoms with E-state index in [-0.39, 0.29) is 36.6 Å². The molecule has 35 heavy (non-hydrogen) atoms. The van der Waals surface area contributed by atoms with Crippen molar-refractivity contribution in [3.05, 3.63) is 118 Å². The highest BCUT2D eigenvalue weighted by molar-refractivity contribution is 5.91. The SMILES string of the molecule is C#Cc1ccc([C@H]2C=C(C(=O)NCc3ccc(F)cc3)O[C@@H](OCc3ccc(CO)cc3)C2)cc1. The summed E-state index contributed by atoms with van der Waals surface area (Å²) in [5.41, 5.74) is 4.30. The summed E-state index contributed by atoms with van der Waals surface area (Å²) >= 11 is 0. The summed E-state index contributed by atoms with van der Waals surface area (Å²) in [7, 11) is 0. The van der Waals surface area contributed by atoms with Gasteiger partial charge in [-0.2, -0.15) is 0 Å². The van der Waals surface area contributed by atoms with Crippen molar-refractivity contribution in [2.45, 2.75) is 38.4 Å². The summed E-state index contributed by atoms with van der Waals surface area (Å²) in [5, 5.41) is 12.0. The number of allylic oxidation sites excluding steroid dienone is 1. The Bertz CT molecular complexity index is 1210. The molecule has 0 aromatic heterocycles. The fourth-order valence-corrected chi connectivity index (χ4v) is 3.78. The maximum atomic E-state index is 13.2. The number of amides is 1. The first-order chi connectivity index (χ1) is 17.0. The smallest absolute Gasteiger partial charge is 0.286 e. The molecular weight excluding hydrogens is 445 g/mol. The quantitative estimate of drug-likeness (QED) is 0.473. The molecule has 5 nitrogen and oxygen atoms in total. The van der Waals surface area contributed by atoms with Gasteiger partial charge in [0.25, 0.3) is 5.91 Å². The minimum Gasteiger partial charge on any atom is -0.459 e. The first kappa shape index (κ1) is 24.2. The van der Waals surface area contributed by atoms with Crippen molar-refractivity contribution in [3.63, 3.8) is 0 Å². The Labute approximate surface area is 204 Å². The summed E-state index contributed by atoms with van der Waals surface area (Å²) in [4.78, 5) is 12.9. The number of benzene rings is 3. The second-order valence-electron chi connectivity index (χ2n) is 8.28. The number of aliphatic hydroxyl groups excluding tert-OH is 1. The molecule has 0 spiro atoms. The number of halogens is 1. The van der Waals surface area contributed by atoms with Gasteiger partial charge in [0.1, 0.15) is 5.82 Å². The van der Waals surface area contributed by atoms with Gasteiger partial charge >= 0.3 is 0 Å². The monoisotopic (exact) mass is 471 g/mol. The number of ether oxygens (including phenoxy) is 2. The van der Waals surface area contributed by atoms with Gasteiger partial charge in [-0.25, -0.2) is 4.39 Å². The predicted octanol–water partition coefficient (Wildman–Crippen LogP) is 4.55. The van der Waals surface area contributed by atoms with Crippen molar-refractivity contribution in [2.24, 2.45) is 0 Å². The van der Waals surface area contributed by atoms with E-state index in [2.05, 4.69) is 11.2 Å². The standard InChI is InChI=1S/C29H26FNO4/c1-2-20-7-11-24(12-8-20)25-15-27(29(33)31-17-21-9-13-26(30)14-10-21)35-28(16-25)34-19-23-5-3-22(18-32)4-6-23/h1,3-15,25,28,32H,16-19H2,(H,31,33)/t25-,28+/m0/s1. The van der Waals surface area contributed by atoms with E-state index in [0.29, 0.717) is 13.0 Å². The van der Waals surface area contributed by atoms with E-state index in [1.807, 2.05) is 48.5 Å². The molecular formula is C29H26FNO4. The van der Waals surface area contributed by atoms with Gasteiger partial charge in [-0.15, -0.1) is 6.42 Å². The van der Waals surface area contributed by atoms with Crippen LogP contribution in [-0.4, -0.2) is 17.3 Å². The van der Waals surface area contributed by atoms with Crippen molar-refractivity contribution in [1.29, 1.82) is 0 Å². The predicted molar refractivity (Wildman–Crippen MR) is 130 cm³/mol. The summed E-state index contributed by atoms with van der Waals surface area (Å²) in [6.45, 7) is 0.516. The summed E-state index contributed by atoms with van der Waals surface area (Å²) in [6.07, 6.45) is 7.16. The van der Waals surface area contributed by atoms with Crippen molar-refractivity contribution in [3.8, 4) is 12.3 Å². The highest BCUT2D eigenvalue weighted by atomic mass is 19.1. The molecule has 0 saturated carbocycles. The zero-order valence-corrected chi connectivity index (χ0v) is 19.1. The van der Waals surface area contributed by atoms with Crippen molar-refractivity contribution < 1.29 is 23.8 Å². The number of terminal acetylenes is 1. The van der Waals surface area contributed by atoms with Crippen LogP contribution in [0, 0.1) is 18.2 Å². The Morgan fingerprint density at radius 1 is 1.03 bits per heavy atom. The third-order valence-corrected chi connectivity index (χ3v) is 5.79. The zero-order chi connectivity index (χ0) is 24.6. The number of aliphatic hydroxyl groups is 1. The molecule has 0 bridgehead atoms. The number of rotatable bonds is 8. The molecule has 6 heteroatoms. The second-order valence-corrected chi connectivity index (χ2v) is 8.28. The molecule has 0 radical (unpaired) electrons. The Morgan fingerprint density at radius 2 is 1.69 bits per heavy atom. The van der Waals surface area contributed by atoms with Crippen molar-refractivity contribution in [2.75, 3.05) is 0 Å². The van der Waals surface area contributed by atoms with Gasteiger partial charge in [0.05, 0.1) is 13.2 Å². The molecule has 0 fully saturated rings. The largest absolute Gasteiger partial charge is 0.459 e. The van der Waals surface area contributed by atoms with Gasteiger partial charge in [-0.3, -0.25) is 4.79 Å². The summed E-state index contributed by atoms with van der Waals surface area (Å²) < 4.78 is 25.1. The van der Waals surface area contributed by atoms with E-state index in [1.165, 1.54) is 12.1 Å². The van der Waals surface area contributed by atoms with Crippen LogP contribution in [0.1, 0.15) is 40.2 Å². The Morgan fingerprint density at radius 3 is 2.34 bits per heavy atom. The molecule has 4 rings (SSSR count). The molecule has 0 aliphatic carbocycles. The molecule has 0 saturated heterocycles. The Balaban J connectivity index is 1.47. The summed E-state index contributed by atoms with van der Waals surface area (Å²) in [6, 6.07) is 21.0. The minimum absolute atomic E-state index is 0.0196. The van der Waals surface area contributed by atoms with Crippen LogP contribution in [0.4, 0.5) is 4.39 Å². The molecule has 1 heterocycles. The van der Waals surface area contributed by atoms with Gasteiger partial charge in [-0.1, -0.05) is 54.5 Å². The fourth-order valence-electron chi connectivity index (χ4n) is 3.78. The van der Waals surface area contributed by atoms with Crippen LogP contribution in [0.3, 0.4) is 0 Å². The average Bonchev–Trinajstić information content (AvgIpc) is 2.91. The van der Waals surface area contributed by atoms with E-state index in [0.717, 1.165) is 27.8 Å². The molecule has 2 N–H and O–H groups in total. The van der Waals surface area contributed by atoms with Gasteiger partial charge in [-0.05, 0) is 52.6 Å². The fraction of sp³-hybridized carbons (Fsp3) is 0.207. The second kappa shape index (κ2) is 11.5. The van der Waals surface area contributed by atoms with Crippen LogP contribution < -0.4 is 5.32 Å². The summed E-state index contributed by atoms with van der Waals surface area (Å²) in [5.74, 6) is 1.97. The average molecular weight is 472 g/mol. The maximum absolute atomic E-state index is 13.2. The Hall–Kier alpha value is -3.92. The van der Waals surface area contributed by atoms with Crippen molar-refractivity contribution >= 4 is 5.91 Å². The normalized spacial score (nSPS) is 17.1. The first-order valence-corrected chi connectivity index (χ1v) is 11.3. The number of nitrogens with one attached hydrogen (secondary N) is 1. The topological polar surface area (TPSA) is 67.8 Å². The van der Waals surface area contributed by atoms with Crippen molar-refractivity contribution in [1.82, 2.24) is 5.32 Å². The molecule has 1 aliphatic rings. The highest BCUT2D eigenvalue weighted by Gasteiger charge is 2.28. The van der Waals surface area contributed by atoms with E-state index >= 15 is 0 Å². The van der Waals surface area contributed by atoms with E-state index in [9.17, 15) is 14.3 Å². The van der Waals surface area contributed by atoms with Crippen LogP contribution in [0.25, 0.3) is 0 Å². The zero-order valence-electron chi connectivity index (χ0n) is 19.1. The van der Waals surface area contributed by atoms with Crippen LogP contribution in [0.5, 0.6) is 0 Å². The number of carbonyl (C=O) groups excluding carboxylic acids is 1. The maximum Gasteiger partial charge on any atom is 0.286 e. The lowest BCUT2D eigenvalue weighted by Gasteiger charge is -2.29. The Kier molecular flexibility index (Phi) is 7.94. The molecule has 3 aromatic carbocycles. The number of carbonyl (C=O) groups is 1. The third kappa shape index (κ3) is 6.57. The van der Waals surface area contributed by atoms with Gasteiger partial charge < -0.3 is 19.9 Å². The third-order valence-electron chi connectivity index (χ3n) is 5.79. The molecule has 0 unspecified atom stereocenters. The molecule has 1 aliphatic heterocycles. The van der Waals surface area contributed by atoms with Crippen LogP contribution in [0.2, 0.25) is 0 Å². The van der Waals surface area contributed by atoms with Crippen LogP contribution >= 0.6 is 0 Å². The number of hydrogen-bond acceptors (Lipinski definition) is 4. The lowest BCUT2D eigenvalue weighted by molar-refractivity contribution is -0.150. The lowest BCUT2D eigenvalue weighted by Crippen LogP contribution is -2.32. The van der Waals surface area contributed by atoms with Crippen LogP contribution in [0.15, 0.2) is 84.6 Å². The molecule has 3 aromatic rings. The van der Waals surface area contributed by atoms with Gasteiger partial charge in [0.15, 0.2) is 5.76 Å². The highest BCUT2D eigenvalue weighted by Crippen LogP contribution is 2.32. The van der Waals surface area contributed by atoms with Gasteiger partial charge in [0.2, 0.25) is 6.29 Å². The molecule has 1 amide bonds. The molecule has 178 valence electrons. The molecule has 2 atom stereocenters. The van der Waals surface area contributed by atoms with Gasteiger partial charge in [0, 0.05) is 24.4 Å². The van der Waals surface area contributed by atoms with E-state index in [4.69, 9.17) is 15.9 Å². The van der Waals surface area contributed by atoms with E-state index < -0.39 is 6.29 Å². The first-order valence-electron chi connectivity index (χ1n) is 11.3. The van der Waals surface area contributed by atoms with E-state index in [1.54, 1.807) is 18.2 Å². The lowest BCUT2D eigenvalue weighted by atomic mass is 9.92. The van der Waals surface area contributed by atoms with Crippen LogP contribution in [-0.2, 0) is 34.0 Å². The minimum atomic E-state index is -0.638.